The highest BCUT2D eigenvalue weighted by Gasteiger charge is 2.17. The number of nitrogens with zero attached hydrogens (tertiary/aromatic N) is 1. The van der Waals surface area contributed by atoms with Crippen LogP contribution in [0.15, 0.2) is 12.2 Å². The molecule has 0 spiro atoms. The van der Waals surface area contributed by atoms with Gasteiger partial charge in [-0.3, -0.25) is 0 Å². The summed E-state index contributed by atoms with van der Waals surface area (Å²) in [5.74, 6) is 0. The van der Waals surface area contributed by atoms with Crippen molar-refractivity contribution in [3.8, 4) is 0 Å². The number of carbonyl (C=O) groups is 1. The third kappa shape index (κ3) is 1.24. The number of thiocarbonyl (C=S) groups is 1. The van der Waals surface area contributed by atoms with Crippen LogP contribution in [0.25, 0.3) is 0 Å². The molecule has 2 nitrogen and oxygen atoms in total. The van der Waals surface area contributed by atoms with Crippen molar-refractivity contribution in [2.45, 2.75) is 13.0 Å². The number of aldehydes is 1. The minimum Gasteiger partial charge on any atom is -0.349 e. The zero-order chi connectivity index (χ0) is 7.56. The molecule has 0 saturated carbocycles. The van der Waals surface area contributed by atoms with Crippen LogP contribution in [0.5, 0.6) is 0 Å². The summed E-state index contributed by atoms with van der Waals surface area (Å²) < 4.78 is 0. The first-order valence-electron chi connectivity index (χ1n) is 3.15. The van der Waals surface area contributed by atoms with Crippen molar-refractivity contribution < 1.29 is 4.79 Å². The molecule has 0 aromatic rings. The number of hydrogen-bond donors (Lipinski definition) is 0. The lowest BCUT2D eigenvalue weighted by Gasteiger charge is -2.20. The minimum absolute atomic E-state index is 0.113. The van der Waals surface area contributed by atoms with E-state index < -0.39 is 0 Å². The largest absolute Gasteiger partial charge is 0.349 e. The summed E-state index contributed by atoms with van der Waals surface area (Å²) in [6, 6.07) is -0.113. The smallest absolute Gasteiger partial charge is 0.146 e. The molecule has 0 N–H and O–H groups in total. The highest BCUT2D eigenvalue weighted by Crippen LogP contribution is 2.07. The van der Waals surface area contributed by atoms with Gasteiger partial charge in [0.1, 0.15) is 12.3 Å². The van der Waals surface area contributed by atoms with Gasteiger partial charge in [0.2, 0.25) is 0 Å². The zero-order valence-corrected chi connectivity index (χ0v) is 6.60. The quantitative estimate of drug-likeness (QED) is 0.317. The second kappa shape index (κ2) is 2.92. The summed E-state index contributed by atoms with van der Waals surface area (Å²) in [5, 5.41) is 0. The van der Waals surface area contributed by atoms with Gasteiger partial charge in [0, 0.05) is 6.54 Å². The van der Waals surface area contributed by atoms with E-state index in [0.717, 1.165) is 17.8 Å². The van der Waals surface area contributed by atoms with Crippen LogP contribution in [-0.2, 0) is 4.79 Å². The van der Waals surface area contributed by atoms with Crippen molar-refractivity contribution in [2.75, 3.05) is 6.54 Å². The minimum atomic E-state index is -0.113. The molecule has 0 saturated heterocycles. The molecule has 3 heteroatoms. The Balaban J connectivity index is 2.64. The first-order chi connectivity index (χ1) is 4.75. The van der Waals surface area contributed by atoms with E-state index in [1.165, 1.54) is 0 Å². The second-order valence-corrected chi connectivity index (χ2v) is 2.82. The van der Waals surface area contributed by atoms with Crippen LogP contribution in [0.3, 0.4) is 0 Å². The van der Waals surface area contributed by atoms with Gasteiger partial charge in [-0.25, -0.2) is 0 Å². The molecule has 0 fully saturated rings. The molecule has 0 radical (unpaired) electrons. The van der Waals surface area contributed by atoms with Crippen molar-refractivity contribution in [1.82, 2.24) is 4.90 Å². The van der Waals surface area contributed by atoms with Gasteiger partial charge in [0.05, 0.1) is 4.99 Å². The fourth-order valence-corrected chi connectivity index (χ4v) is 1.19. The fourth-order valence-electron chi connectivity index (χ4n) is 0.997. The molecule has 0 aromatic carbocycles. The van der Waals surface area contributed by atoms with Crippen molar-refractivity contribution in [3.63, 3.8) is 0 Å². The highest BCUT2D eigenvalue weighted by molar-refractivity contribution is 7.80. The molecule has 0 amide bonds. The summed E-state index contributed by atoms with van der Waals surface area (Å²) in [4.78, 5) is 13.0. The highest BCUT2D eigenvalue weighted by atomic mass is 32.1. The summed E-state index contributed by atoms with van der Waals surface area (Å²) in [5.41, 5.74) is 0. The Bertz CT molecular complexity index is 188. The lowest BCUT2D eigenvalue weighted by Crippen LogP contribution is -2.33. The van der Waals surface area contributed by atoms with Crippen LogP contribution < -0.4 is 0 Å². The van der Waals surface area contributed by atoms with E-state index in [-0.39, 0.29) is 6.04 Å². The molecule has 0 bridgehead atoms. The average Bonchev–Trinajstić information content (AvgIpc) is 2.33. The van der Waals surface area contributed by atoms with Crippen molar-refractivity contribution in [2.24, 2.45) is 0 Å². The third-order valence-electron chi connectivity index (χ3n) is 1.54. The number of rotatable bonds is 1. The lowest BCUT2D eigenvalue weighted by molar-refractivity contribution is -0.109. The number of hydrogen-bond acceptors (Lipinski definition) is 2. The molecule has 54 valence electrons. The van der Waals surface area contributed by atoms with Gasteiger partial charge in [-0.15, -0.1) is 0 Å². The number of carbonyl (C=O) groups excluding carboxylic acids is 1. The van der Waals surface area contributed by atoms with Crippen molar-refractivity contribution in [1.29, 1.82) is 0 Å². The predicted octanol–water partition coefficient (Wildman–Crippen LogP) is 0.773. The normalized spacial score (nSPS) is 23.3. The summed E-state index contributed by atoms with van der Waals surface area (Å²) in [6.07, 6.45) is 4.72. The molecule has 0 aromatic heterocycles. The van der Waals surface area contributed by atoms with E-state index >= 15 is 0 Å². The van der Waals surface area contributed by atoms with Crippen LogP contribution in [0.2, 0.25) is 0 Å². The fraction of sp³-hybridized carbons (Fsp3) is 0.429. The van der Waals surface area contributed by atoms with Crippen LogP contribution in [0.4, 0.5) is 0 Å². The molecule has 1 atom stereocenters. The van der Waals surface area contributed by atoms with Gasteiger partial charge in [0.15, 0.2) is 0 Å². The molecule has 1 heterocycles. The SMILES string of the molecule is CC(=S)N1CC=CC1C=O. The molecule has 0 aliphatic carbocycles. The standard InChI is InChI=1S/C7H9NOS/c1-6(10)8-4-2-3-7(8)5-9/h2-3,5,7H,4H2,1H3. The van der Waals surface area contributed by atoms with Crippen molar-refractivity contribution >= 4 is 23.5 Å². The summed E-state index contributed by atoms with van der Waals surface area (Å²) >= 11 is 4.93. The van der Waals surface area contributed by atoms with Crippen LogP contribution >= 0.6 is 12.2 Å². The third-order valence-corrected chi connectivity index (χ3v) is 1.77. The Hall–Kier alpha value is -0.700. The second-order valence-electron chi connectivity index (χ2n) is 2.23. The molecular weight excluding hydrogens is 146 g/mol. The maximum absolute atomic E-state index is 10.4. The van der Waals surface area contributed by atoms with Crippen molar-refractivity contribution in [3.05, 3.63) is 12.2 Å². The van der Waals surface area contributed by atoms with E-state index in [4.69, 9.17) is 12.2 Å². The molecule has 10 heavy (non-hydrogen) atoms. The maximum atomic E-state index is 10.4. The first-order valence-corrected chi connectivity index (χ1v) is 3.55. The molecule has 1 aliphatic rings. The Morgan fingerprint density at radius 2 is 2.60 bits per heavy atom. The monoisotopic (exact) mass is 155 g/mol. The zero-order valence-electron chi connectivity index (χ0n) is 5.78. The van der Waals surface area contributed by atoms with E-state index in [0.29, 0.717) is 0 Å². The average molecular weight is 155 g/mol. The predicted molar refractivity (Wildman–Crippen MR) is 44.0 cm³/mol. The van der Waals surface area contributed by atoms with E-state index in [9.17, 15) is 4.79 Å². The van der Waals surface area contributed by atoms with Crippen LogP contribution in [0.1, 0.15) is 6.92 Å². The van der Waals surface area contributed by atoms with E-state index in [1.807, 2.05) is 24.0 Å². The Morgan fingerprint density at radius 3 is 3.00 bits per heavy atom. The molecule has 1 aliphatic heterocycles. The van der Waals surface area contributed by atoms with Crippen LogP contribution in [0, 0.1) is 0 Å². The lowest BCUT2D eigenvalue weighted by atomic mass is 10.3. The van der Waals surface area contributed by atoms with Crippen LogP contribution in [-0.4, -0.2) is 28.8 Å². The molecule has 1 rings (SSSR count). The molecule has 1 unspecified atom stereocenters. The van der Waals surface area contributed by atoms with Gasteiger partial charge < -0.3 is 9.69 Å². The summed E-state index contributed by atoms with van der Waals surface area (Å²) in [7, 11) is 0. The maximum Gasteiger partial charge on any atom is 0.146 e. The van der Waals surface area contributed by atoms with Gasteiger partial charge >= 0.3 is 0 Å². The van der Waals surface area contributed by atoms with Gasteiger partial charge in [-0.1, -0.05) is 24.4 Å². The van der Waals surface area contributed by atoms with E-state index in [2.05, 4.69) is 0 Å². The molecular formula is C7H9NOS. The Labute approximate surface area is 65.5 Å². The van der Waals surface area contributed by atoms with Gasteiger partial charge in [0.25, 0.3) is 0 Å². The van der Waals surface area contributed by atoms with Gasteiger partial charge in [-0.05, 0) is 6.92 Å². The Kier molecular flexibility index (Phi) is 2.17. The Morgan fingerprint density at radius 1 is 1.90 bits per heavy atom. The van der Waals surface area contributed by atoms with Gasteiger partial charge in [-0.2, -0.15) is 0 Å². The topological polar surface area (TPSA) is 20.3 Å². The van der Waals surface area contributed by atoms with E-state index in [1.54, 1.807) is 0 Å². The summed E-state index contributed by atoms with van der Waals surface area (Å²) in [6.45, 7) is 2.61. The first kappa shape index (κ1) is 7.41.